The molecule has 3 rings (SSSR count). The summed E-state index contributed by atoms with van der Waals surface area (Å²) in [5.41, 5.74) is 0.861. The fourth-order valence-electron chi connectivity index (χ4n) is 2.21. The summed E-state index contributed by atoms with van der Waals surface area (Å²) < 4.78 is 6.39. The van der Waals surface area contributed by atoms with Crippen LogP contribution in [0, 0.1) is 5.92 Å². The highest BCUT2D eigenvalue weighted by Gasteiger charge is 2.25. The first kappa shape index (κ1) is 16.9. The Morgan fingerprint density at radius 3 is 2.62 bits per heavy atom. The minimum absolute atomic E-state index is 0.118. The van der Waals surface area contributed by atoms with Gasteiger partial charge in [-0.15, -0.1) is 11.3 Å². The van der Waals surface area contributed by atoms with Gasteiger partial charge in [0.05, 0.1) is 4.88 Å². The highest BCUT2D eigenvalue weighted by Crippen LogP contribution is 2.25. The van der Waals surface area contributed by atoms with Crippen molar-refractivity contribution in [3.8, 4) is 11.4 Å². The fourth-order valence-corrected chi connectivity index (χ4v) is 3.10. The Morgan fingerprint density at radius 1 is 1.25 bits per heavy atom. The molecule has 0 spiro atoms. The molecular formula is C17H16BrN3O2S. The first-order valence-corrected chi connectivity index (χ1v) is 9.16. The van der Waals surface area contributed by atoms with Gasteiger partial charge in [-0.05, 0) is 41.6 Å². The van der Waals surface area contributed by atoms with Crippen LogP contribution in [-0.2, 0) is 0 Å². The van der Waals surface area contributed by atoms with E-state index in [2.05, 4.69) is 31.4 Å². The lowest BCUT2D eigenvalue weighted by atomic mass is 10.0. The Balaban J connectivity index is 1.82. The zero-order valence-electron chi connectivity index (χ0n) is 13.2. The predicted octanol–water partition coefficient (Wildman–Crippen LogP) is 4.69. The van der Waals surface area contributed by atoms with Crippen LogP contribution in [0.5, 0.6) is 0 Å². The van der Waals surface area contributed by atoms with Crippen LogP contribution in [0.15, 0.2) is 50.8 Å². The molecule has 0 radical (unpaired) electrons. The third kappa shape index (κ3) is 3.73. The number of rotatable bonds is 5. The number of amides is 1. The number of nitrogens with zero attached hydrogens (tertiary/aromatic N) is 2. The molecular weight excluding hydrogens is 390 g/mol. The molecule has 2 heterocycles. The predicted molar refractivity (Wildman–Crippen MR) is 96.8 cm³/mol. The van der Waals surface area contributed by atoms with Crippen LogP contribution in [0.1, 0.15) is 35.5 Å². The summed E-state index contributed by atoms with van der Waals surface area (Å²) in [6.07, 6.45) is 0. The fraction of sp³-hybridized carbons (Fsp3) is 0.235. The Labute approximate surface area is 152 Å². The van der Waals surface area contributed by atoms with Crippen molar-refractivity contribution in [2.45, 2.75) is 19.9 Å². The maximum atomic E-state index is 12.3. The maximum absolute atomic E-state index is 12.3. The van der Waals surface area contributed by atoms with Gasteiger partial charge in [-0.25, -0.2) is 0 Å². The summed E-state index contributed by atoms with van der Waals surface area (Å²) in [7, 11) is 0. The van der Waals surface area contributed by atoms with Gasteiger partial charge in [-0.2, -0.15) is 4.98 Å². The van der Waals surface area contributed by atoms with Gasteiger partial charge in [0.1, 0.15) is 6.04 Å². The molecule has 0 aliphatic heterocycles. The lowest BCUT2D eigenvalue weighted by molar-refractivity contribution is 0.0918. The lowest BCUT2D eigenvalue weighted by Crippen LogP contribution is -2.31. The molecule has 2 aromatic heterocycles. The summed E-state index contributed by atoms with van der Waals surface area (Å²) in [6.45, 7) is 4.01. The van der Waals surface area contributed by atoms with E-state index in [0.29, 0.717) is 16.6 Å². The average molecular weight is 406 g/mol. The number of thiophene rings is 1. The highest BCUT2D eigenvalue weighted by atomic mass is 79.9. The first-order chi connectivity index (χ1) is 11.5. The van der Waals surface area contributed by atoms with Crippen molar-refractivity contribution >= 4 is 33.2 Å². The number of carbonyl (C=O) groups is 1. The van der Waals surface area contributed by atoms with Gasteiger partial charge in [0.2, 0.25) is 11.7 Å². The number of nitrogens with one attached hydrogen (secondary N) is 1. The van der Waals surface area contributed by atoms with E-state index >= 15 is 0 Å². The van der Waals surface area contributed by atoms with Crippen molar-refractivity contribution < 1.29 is 9.32 Å². The number of carbonyl (C=O) groups excluding carboxylic acids is 1. The number of hydrogen-bond acceptors (Lipinski definition) is 5. The average Bonchev–Trinajstić information content (AvgIpc) is 3.24. The molecule has 0 aliphatic rings. The van der Waals surface area contributed by atoms with E-state index < -0.39 is 0 Å². The monoisotopic (exact) mass is 405 g/mol. The van der Waals surface area contributed by atoms with E-state index in [4.69, 9.17) is 4.52 Å². The van der Waals surface area contributed by atoms with Crippen LogP contribution in [-0.4, -0.2) is 16.0 Å². The van der Waals surface area contributed by atoms with Crippen LogP contribution >= 0.6 is 27.3 Å². The molecule has 1 amide bonds. The van der Waals surface area contributed by atoms with Gasteiger partial charge in [0.25, 0.3) is 5.91 Å². The second-order valence-electron chi connectivity index (χ2n) is 5.64. The van der Waals surface area contributed by atoms with Crippen molar-refractivity contribution in [2.24, 2.45) is 5.92 Å². The van der Waals surface area contributed by atoms with Gasteiger partial charge >= 0.3 is 0 Å². The zero-order valence-corrected chi connectivity index (χ0v) is 15.6. The van der Waals surface area contributed by atoms with Crippen LogP contribution in [0.2, 0.25) is 0 Å². The number of benzene rings is 1. The van der Waals surface area contributed by atoms with Crippen LogP contribution in [0.25, 0.3) is 11.4 Å². The Morgan fingerprint density at radius 2 is 2.00 bits per heavy atom. The number of hydrogen-bond donors (Lipinski definition) is 1. The molecule has 0 fully saturated rings. The molecule has 1 N–H and O–H groups in total. The topological polar surface area (TPSA) is 68.0 Å². The first-order valence-electron chi connectivity index (χ1n) is 7.48. The van der Waals surface area contributed by atoms with Crippen molar-refractivity contribution in [1.29, 1.82) is 0 Å². The van der Waals surface area contributed by atoms with Gasteiger partial charge in [0, 0.05) is 10.0 Å². The molecule has 0 saturated carbocycles. The highest BCUT2D eigenvalue weighted by molar-refractivity contribution is 9.10. The number of aromatic nitrogens is 2. The molecule has 0 bridgehead atoms. The summed E-state index contributed by atoms with van der Waals surface area (Å²) >= 11 is 4.80. The summed E-state index contributed by atoms with van der Waals surface area (Å²) in [5.74, 6) is 0.903. The van der Waals surface area contributed by atoms with Gasteiger partial charge < -0.3 is 9.84 Å². The van der Waals surface area contributed by atoms with E-state index in [9.17, 15) is 4.79 Å². The second kappa shape index (κ2) is 7.27. The van der Waals surface area contributed by atoms with Crippen LogP contribution in [0.4, 0.5) is 0 Å². The van der Waals surface area contributed by atoms with Crippen LogP contribution < -0.4 is 5.32 Å². The largest absolute Gasteiger partial charge is 0.339 e. The van der Waals surface area contributed by atoms with E-state index in [-0.39, 0.29) is 17.9 Å². The SMILES string of the molecule is CC(C)C(NC(=O)c1cccs1)c1nc(-c2ccc(Br)cc2)no1. The van der Waals surface area contributed by atoms with Crippen molar-refractivity contribution in [3.05, 3.63) is 57.0 Å². The van der Waals surface area contributed by atoms with Gasteiger partial charge in [-0.3, -0.25) is 4.79 Å². The molecule has 1 unspecified atom stereocenters. The Hall–Kier alpha value is -1.99. The third-order valence-corrected chi connectivity index (χ3v) is 4.91. The molecule has 3 aromatic rings. The lowest BCUT2D eigenvalue weighted by Gasteiger charge is -2.17. The molecule has 124 valence electrons. The molecule has 0 aliphatic carbocycles. The molecule has 24 heavy (non-hydrogen) atoms. The van der Waals surface area contributed by atoms with Crippen molar-refractivity contribution in [3.63, 3.8) is 0 Å². The standard InChI is InChI=1S/C17H16BrN3O2S/c1-10(2)14(19-16(22)13-4-3-9-24-13)17-20-15(21-23-17)11-5-7-12(18)8-6-11/h3-10,14H,1-2H3,(H,19,22). The van der Waals surface area contributed by atoms with Crippen molar-refractivity contribution in [1.82, 2.24) is 15.5 Å². The summed E-state index contributed by atoms with van der Waals surface area (Å²) in [6, 6.07) is 11.0. The smallest absolute Gasteiger partial charge is 0.262 e. The van der Waals surface area contributed by atoms with E-state index in [0.717, 1.165) is 10.0 Å². The molecule has 0 saturated heterocycles. The molecule has 5 nitrogen and oxygen atoms in total. The van der Waals surface area contributed by atoms with E-state index in [1.807, 2.05) is 49.6 Å². The minimum Gasteiger partial charge on any atom is -0.339 e. The Kier molecular flexibility index (Phi) is 5.11. The Bertz CT molecular complexity index is 813. The van der Waals surface area contributed by atoms with E-state index in [1.54, 1.807) is 6.07 Å². The normalized spacial score (nSPS) is 12.3. The maximum Gasteiger partial charge on any atom is 0.262 e. The zero-order chi connectivity index (χ0) is 17.1. The molecule has 7 heteroatoms. The quantitative estimate of drug-likeness (QED) is 0.668. The number of halogens is 1. The van der Waals surface area contributed by atoms with Gasteiger partial charge in [-0.1, -0.05) is 41.0 Å². The molecule has 1 aromatic carbocycles. The van der Waals surface area contributed by atoms with E-state index in [1.165, 1.54) is 11.3 Å². The van der Waals surface area contributed by atoms with Crippen molar-refractivity contribution in [2.75, 3.05) is 0 Å². The van der Waals surface area contributed by atoms with Crippen LogP contribution in [0.3, 0.4) is 0 Å². The second-order valence-corrected chi connectivity index (χ2v) is 7.50. The third-order valence-electron chi connectivity index (χ3n) is 3.51. The summed E-state index contributed by atoms with van der Waals surface area (Å²) in [4.78, 5) is 17.4. The summed E-state index contributed by atoms with van der Waals surface area (Å²) in [5, 5.41) is 8.89. The van der Waals surface area contributed by atoms with Gasteiger partial charge in [0.15, 0.2) is 0 Å². The minimum atomic E-state index is -0.337. The molecule has 1 atom stereocenters.